The van der Waals surface area contributed by atoms with Crippen LogP contribution in [0, 0.1) is 0 Å². The molecule has 18 heavy (non-hydrogen) atoms. The molecule has 2 rings (SSSR count). The molecule has 1 heterocycles. The molecule has 0 saturated carbocycles. The Kier molecular flexibility index (Phi) is 3.97. The van der Waals surface area contributed by atoms with Crippen LogP contribution in [0.2, 0.25) is 0 Å². The lowest BCUT2D eigenvalue weighted by atomic mass is 10.1. The van der Waals surface area contributed by atoms with E-state index in [0.29, 0.717) is 25.1 Å². The Morgan fingerprint density at radius 1 is 1.33 bits per heavy atom. The van der Waals surface area contributed by atoms with Crippen molar-refractivity contribution in [1.29, 1.82) is 0 Å². The van der Waals surface area contributed by atoms with E-state index in [-0.39, 0.29) is 11.9 Å². The number of amides is 1. The van der Waals surface area contributed by atoms with Gasteiger partial charge in [0.25, 0.3) is 5.91 Å². The van der Waals surface area contributed by atoms with Crippen LogP contribution in [0.5, 0.6) is 0 Å². The average molecular weight is 247 g/mol. The monoisotopic (exact) mass is 247 g/mol. The van der Waals surface area contributed by atoms with E-state index in [0.717, 1.165) is 6.42 Å². The first-order chi connectivity index (χ1) is 8.74. The number of nitrogens with zero attached hydrogens (tertiary/aromatic N) is 1. The van der Waals surface area contributed by atoms with E-state index in [1.54, 1.807) is 24.0 Å². The fraction of sp³-hybridized carbons (Fsp3) is 0.429. The number of likely N-dealkylation sites (tertiary alicyclic amines) is 1. The van der Waals surface area contributed by atoms with Gasteiger partial charge in [-0.05, 0) is 31.9 Å². The maximum atomic E-state index is 12.3. The summed E-state index contributed by atoms with van der Waals surface area (Å²) < 4.78 is 5.01. The first kappa shape index (κ1) is 12.6. The fourth-order valence-electron chi connectivity index (χ4n) is 2.24. The Hall–Kier alpha value is -1.84. The molecule has 1 amide bonds. The smallest absolute Gasteiger partial charge is 0.328 e. The van der Waals surface area contributed by atoms with Gasteiger partial charge >= 0.3 is 5.97 Å². The Morgan fingerprint density at radius 3 is 2.72 bits per heavy atom. The molecule has 4 heteroatoms. The standard InChI is InChI=1S/C14H17NO3/c1-2-18-14(17)12-9-6-10-15(12)13(16)11-7-4-3-5-8-11/h3-5,7-8,12H,2,6,9-10H2,1H3/t12-/m1/s1. The SMILES string of the molecule is CCOC(=O)[C@H]1CCCN1C(=O)c1ccccc1. The van der Waals surface area contributed by atoms with E-state index in [4.69, 9.17) is 4.74 Å². The summed E-state index contributed by atoms with van der Waals surface area (Å²) in [6.07, 6.45) is 1.54. The zero-order valence-corrected chi connectivity index (χ0v) is 10.5. The second-order valence-corrected chi connectivity index (χ2v) is 4.27. The van der Waals surface area contributed by atoms with Gasteiger partial charge in [0.1, 0.15) is 6.04 Å². The topological polar surface area (TPSA) is 46.6 Å². The number of hydrogen-bond donors (Lipinski definition) is 0. The van der Waals surface area contributed by atoms with E-state index >= 15 is 0 Å². The van der Waals surface area contributed by atoms with Crippen molar-refractivity contribution in [3.05, 3.63) is 35.9 Å². The van der Waals surface area contributed by atoms with Crippen LogP contribution in [0.15, 0.2) is 30.3 Å². The third-order valence-electron chi connectivity index (χ3n) is 3.09. The van der Waals surface area contributed by atoms with E-state index in [1.165, 1.54) is 0 Å². The van der Waals surface area contributed by atoms with Gasteiger partial charge in [-0.2, -0.15) is 0 Å². The van der Waals surface area contributed by atoms with Gasteiger partial charge in [-0.15, -0.1) is 0 Å². The Balaban J connectivity index is 2.12. The Labute approximate surface area is 107 Å². The van der Waals surface area contributed by atoms with Gasteiger partial charge in [0.15, 0.2) is 0 Å². The van der Waals surface area contributed by atoms with Gasteiger partial charge in [0, 0.05) is 12.1 Å². The van der Waals surface area contributed by atoms with Crippen molar-refractivity contribution < 1.29 is 14.3 Å². The molecule has 1 aliphatic heterocycles. The van der Waals surface area contributed by atoms with Crippen molar-refractivity contribution in [1.82, 2.24) is 4.90 Å². The summed E-state index contributed by atoms with van der Waals surface area (Å²) in [4.78, 5) is 25.7. The summed E-state index contributed by atoms with van der Waals surface area (Å²) >= 11 is 0. The van der Waals surface area contributed by atoms with Crippen LogP contribution in [0.4, 0.5) is 0 Å². The minimum Gasteiger partial charge on any atom is -0.464 e. The first-order valence-corrected chi connectivity index (χ1v) is 6.26. The number of carbonyl (C=O) groups excluding carboxylic acids is 2. The van der Waals surface area contributed by atoms with Crippen molar-refractivity contribution in [2.75, 3.05) is 13.2 Å². The molecule has 1 aromatic rings. The van der Waals surface area contributed by atoms with E-state index in [1.807, 2.05) is 18.2 Å². The summed E-state index contributed by atoms with van der Waals surface area (Å²) in [5, 5.41) is 0. The molecule has 0 N–H and O–H groups in total. The zero-order valence-electron chi connectivity index (χ0n) is 10.5. The molecular weight excluding hydrogens is 230 g/mol. The number of carbonyl (C=O) groups is 2. The van der Waals surface area contributed by atoms with Gasteiger partial charge in [0.05, 0.1) is 6.61 Å². The molecule has 0 aliphatic carbocycles. The summed E-state index contributed by atoms with van der Waals surface area (Å²) in [6.45, 7) is 2.75. The summed E-state index contributed by atoms with van der Waals surface area (Å²) in [5.41, 5.74) is 0.619. The highest BCUT2D eigenvalue weighted by Crippen LogP contribution is 2.21. The molecule has 0 bridgehead atoms. The van der Waals surface area contributed by atoms with Crippen LogP contribution in [0.3, 0.4) is 0 Å². The van der Waals surface area contributed by atoms with Crippen LogP contribution in [-0.4, -0.2) is 36.0 Å². The maximum Gasteiger partial charge on any atom is 0.328 e. The molecule has 1 aromatic carbocycles. The van der Waals surface area contributed by atoms with Crippen molar-refractivity contribution in [2.45, 2.75) is 25.8 Å². The average Bonchev–Trinajstić information content (AvgIpc) is 2.88. The van der Waals surface area contributed by atoms with Crippen LogP contribution < -0.4 is 0 Å². The Bertz CT molecular complexity index is 430. The summed E-state index contributed by atoms with van der Waals surface area (Å²) in [6, 6.07) is 8.62. The maximum absolute atomic E-state index is 12.3. The largest absolute Gasteiger partial charge is 0.464 e. The molecule has 0 spiro atoms. The predicted molar refractivity (Wildman–Crippen MR) is 67.1 cm³/mol. The van der Waals surface area contributed by atoms with Crippen LogP contribution in [0.1, 0.15) is 30.1 Å². The van der Waals surface area contributed by atoms with Gasteiger partial charge < -0.3 is 9.64 Å². The minimum absolute atomic E-state index is 0.0915. The normalized spacial score (nSPS) is 18.7. The minimum atomic E-state index is -0.419. The Morgan fingerprint density at radius 2 is 2.06 bits per heavy atom. The summed E-state index contributed by atoms with van der Waals surface area (Å²) in [7, 11) is 0. The van der Waals surface area contributed by atoms with E-state index in [2.05, 4.69) is 0 Å². The molecule has 1 fully saturated rings. The van der Waals surface area contributed by atoms with Crippen LogP contribution >= 0.6 is 0 Å². The van der Waals surface area contributed by atoms with Gasteiger partial charge in [-0.25, -0.2) is 4.79 Å². The van der Waals surface area contributed by atoms with Crippen molar-refractivity contribution >= 4 is 11.9 Å². The number of hydrogen-bond acceptors (Lipinski definition) is 3. The molecular formula is C14H17NO3. The zero-order chi connectivity index (χ0) is 13.0. The first-order valence-electron chi connectivity index (χ1n) is 6.26. The second kappa shape index (κ2) is 5.67. The van der Waals surface area contributed by atoms with Crippen LogP contribution in [-0.2, 0) is 9.53 Å². The summed E-state index contributed by atoms with van der Waals surface area (Å²) in [5.74, 6) is -0.384. The van der Waals surface area contributed by atoms with Crippen molar-refractivity contribution in [3.8, 4) is 0 Å². The fourth-order valence-corrected chi connectivity index (χ4v) is 2.24. The molecule has 1 saturated heterocycles. The predicted octanol–water partition coefficient (Wildman–Crippen LogP) is 1.85. The van der Waals surface area contributed by atoms with Gasteiger partial charge in [-0.3, -0.25) is 4.79 Å². The number of benzene rings is 1. The molecule has 0 radical (unpaired) electrons. The third kappa shape index (κ3) is 2.53. The molecule has 0 unspecified atom stereocenters. The quantitative estimate of drug-likeness (QED) is 0.766. The lowest BCUT2D eigenvalue weighted by Crippen LogP contribution is -2.41. The second-order valence-electron chi connectivity index (χ2n) is 4.27. The van der Waals surface area contributed by atoms with E-state index < -0.39 is 6.04 Å². The van der Waals surface area contributed by atoms with Gasteiger partial charge in [0.2, 0.25) is 0 Å². The number of ether oxygens (including phenoxy) is 1. The molecule has 4 nitrogen and oxygen atoms in total. The molecule has 1 atom stereocenters. The van der Waals surface area contributed by atoms with Crippen molar-refractivity contribution in [3.63, 3.8) is 0 Å². The number of esters is 1. The lowest BCUT2D eigenvalue weighted by molar-refractivity contribution is -0.147. The third-order valence-corrected chi connectivity index (χ3v) is 3.09. The molecule has 96 valence electrons. The van der Waals surface area contributed by atoms with Crippen LogP contribution in [0.25, 0.3) is 0 Å². The van der Waals surface area contributed by atoms with Crippen molar-refractivity contribution in [2.24, 2.45) is 0 Å². The number of rotatable bonds is 3. The highest BCUT2D eigenvalue weighted by molar-refractivity contribution is 5.97. The van der Waals surface area contributed by atoms with E-state index in [9.17, 15) is 9.59 Å². The van der Waals surface area contributed by atoms with Gasteiger partial charge in [-0.1, -0.05) is 18.2 Å². The highest BCUT2D eigenvalue weighted by Gasteiger charge is 2.35. The lowest BCUT2D eigenvalue weighted by Gasteiger charge is -2.23. The molecule has 0 aromatic heterocycles. The highest BCUT2D eigenvalue weighted by atomic mass is 16.5. The molecule has 1 aliphatic rings.